The first kappa shape index (κ1) is 13.9. The Morgan fingerprint density at radius 2 is 2.17 bits per heavy atom. The summed E-state index contributed by atoms with van der Waals surface area (Å²) in [6, 6.07) is 6.26. The Balaban J connectivity index is 1.38. The monoisotopic (exact) mass is 310 g/mol. The summed E-state index contributed by atoms with van der Waals surface area (Å²) in [5.41, 5.74) is 1.31. The summed E-state index contributed by atoms with van der Waals surface area (Å²) < 4.78 is 1.92. The van der Waals surface area contributed by atoms with E-state index in [9.17, 15) is 4.79 Å². The normalized spacial score (nSPS) is 21.4. The quantitative estimate of drug-likeness (QED) is 0.775. The number of fused-ring (bicyclic) bond motifs is 1. The number of hydrogen-bond donors (Lipinski definition) is 2. The molecule has 1 fully saturated rings. The second-order valence-corrected chi connectivity index (χ2v) is 5.98. The van der Waals surface area contributed by atoms with Gasteiger partial charge in [-0.25, -0.2) is 14.6 Å². The predicted octanol–water partition coefficient (Wildman–Crippen LogP) is 2.07. The molecule has 1 amide bonds. The van der Waals surface area contributed by atoms with E-state index in [1.54, 1.807) is 18.9 Å². The number of aromatic nitrogens is 5. The lowest BCUT2D eigenvalue weighted by molar-refractivity contribution is 0.0917. The van der Waals surface area contributed by atoms with E-state index in [-0.39, 0.29) is 11.9 Å². The highest BCUT2D eigenvalue weighted by molar-refractivity contribution is 5.97. The van der Waals surface area contributed by atoms with Gasteiger partial charge in [-0.15, -0.1) is 0 Å². The first-order chi connectivity index (χ1) is 11.3. The Bertz CT molecular complexity index is 768. The Labute approximate surface area is 133 Å². The molecule has 0 bridgehead atoms. The van der Waals surface area contributed by atoms with Crippen LogP contribution in [0.15, 0.2) is 37.1 Å². The number of rotatable bonds is 3. The van der Waals surface area contributed by atoms with E-state index in [0.717, 1.165) is 36.7 Å². The van der Waals surface area contributed by atoms with Crippen molar-refractivity contribution in [2.45, 2.75) is 37.8 Å². The van der Waals surface area contributed by atoms with Gasteiger partial charge in [-0.1, -0.05) is 0 Å². The van der Waals surface area contributed by atoms with Crippen LogP contribution in [0.2, 0.25) is 0 Å². The second-order valence-electron chi connectivity index (χ2n) is 5.98. The van der Waals surface area contributed by atoms with Crippen LogP contribution >= 0.6 is 0 Å². The van der Waals surface area contributed by atoms with E-state index in [2.05, 4.69) is 25.4 Å². The van der Waals surface area contributed by atoms with Crippen LogP contribution in [0.4, 0.5) is 0 Å². The number of carbonyl (C=O) groups excluding carboxylic acids is 1. The van der Waals surface area contributed by atoms with E-state index in [1.165, 1.54) is 0 Å². The highest BCUT2D eigenvalue weighted by Gasteiger charge is 2.24. The average Bonchev–Trinajstić information content (AvgIpc) is 3.25. The van der Waals surface area contributed by atoms with Gasteiger partial charge in [0.1, 0.15) is 24.0 Å². The van der Waals surface area contributed by atoms with Crippen LogP contribution in [0.5, 0.6) is 0 Å². The van der Waals surface area contributed by atoms with Crippen LogP contribution in [0, 0.1) is 0 Å². The van der Waals surface area contributed by atoms with Crippen molar-refractivity contribution in [1.82, 2.24) is 30.0 Å². The van der Waals surface area contributed by atoms with Crippen molar-refractivity contribution in [3.8, 4) is 0 Å². The molecule has 0 atom stereocenters. The number of pyridine rings is 1. The smallest absolute Gasteiger partial charge is 0.267 e. The number of nitrogens with one attached hydrogen (secondary N) is 2. The van der Waals surface area contributed by atoms with E-state index < -0.39 is 0 Å². The topological polar surface area (TPSA) is 88.5 Å². The number of carbonyl (C=O) groups is 1. The van der Waals surface area contributed by atoms with Crippen molar-refractivity contribution in [2.24, 2.45) is 0 Å². The minimum Gasteiger partial charge on any atom is -0.348 e. The molecule has 2 N–H and O–H groups in total. The lowest BCUT2D eigenvalue weighted by Gasteiger charge is -2.28. The Hall–Kier alpha value is -2.70. The fourth-order valence-corrected chi connectivity index (χ4v) is 3.23. The van der Waals surface area contributed by atoms with Gasteiger partial charge in [0.15, 0.2) is 0 Å². The first-order valence-electron chi connectivity index (χ1n) is 7.88. The summed E-state index contributed by atoms with van der Waals surface area (Å²) in [6.45, 7) is 0. The summed E-state index contributed by atoms with van der Waals surface area (Å²) in [6.07, 6.45) is 8.96. The number of hydrogen-bond acceptors (Lipinski definition) is 4. The molecular formula is C16H18N6O. The molecule has 3 aromatic rings. The predicted molar refractivity (Wildman–Crippen MR) is 84.9 cm³/mol. The molecule has 0 unspecified atom stereocenters. The largest absolute Gasteiger partial charge is 0.348 e. The first-order valence-corrected chi connectivity index (χ1v) is 7.88. The maximum atomic E-state index is 12.4. The van der Waals surface area contributed by atoms with Crippen molar-refractivity contribution in [2.75, 3.05) is 0 Å². The van der Waals surface area contributed by atoms with Crippen molar-refractivity contribution in [3.63, 3.8) is 0 Å². The Morgan fingerprint density at radius 1 is 1.30 bits per heavy atom. The van der Waals surface area contributed by atoms with Gasteiger partial charge >= 0.3 is 0 Å². The SMILES string of the molecule is O=C(NC1CCC(n2cncn2)CC1)c1cc2cccnc2[nH]1. The summed E-state index contributed by atoms with van der Waals surface area (Å²) in [7, 11) is 0. The molecule has 0 radical (unpaired) electrons. The summed E-state index contributed by atoms with van der Waals surface area (Å²) >= 11 is 0. The van der Waals surface area contributed by atoms with E-state index >= 15 is 0 Å². The lowest BCUT2D eigenvalue weighted by atomic mass is 9.91. The summed E-state index contributed by atoms with van der Waals surface area (Å²) in [5.74, 6) is -0.0628. The summed E-state index contributed by atoms with van der Waals surface area (Å²) in [5, 5.41) is 8.27. The highest BCUT2D eigenvalue weighted by atomic mass is 16.1. The third-order valence-electron chi connectivity index (χ3n) is 4.48. The molecule has 1 saturated carbocycles. The fourth-order valence-electron chi connectivity index (χ4n) is 3.23. The zero-order valence-corrected chi connectivity index (χ0v) is 12.6. The third kappa shape index (κ3) is 2.81. The van der Waals surface area contributed by atoms with Gasteiger partial charge in [0.25, 0.3) is 5.91 Å². The number of nitrogens with zero attached hydrogens (tertiary/aromatic N) is 4. The Kier molecular flexibility index (Phi) is 3.53. The number of H-pyrrole nitrogens is 1. The molecule has 118 valence electrons. The van der Waals surface area contributed by atoms with Crippen LogP contribution < -0.4 is 5.32 Å². The van der Waals surface area contributed by atoms with Crippen molar-refractivity contribution < 1.29 is 4.79 Å². The molecule has 23 heavy (non-hydrogen) atoms. The summed E-state index contributed by atoms with van der Waals surface area (Å²) in [4.78, 5) is 23.7. The van der Waals surface area contributed by atoms with E-state index in [0.29, 0.717) is 11.7 Å². The molecule has 0 aromatic carbocycles. The van der Waals surface area contributed by atoms with Crippen LogP contribution in [0.3, 0.4) is 0 Å². The van der Waals surface area contributed by atoms with Gasteiger partial charge in [-0.2, -0.15) is 5.10 Å². The van der Waals surface area contributed by atoms with E-state index in [1.807, 2.05) is 22.9 Å². The van der Waals surface area contributed by atoms with Crippen molar-refractivity contribution in [1.29, 1.82) is 0 Å². The molecule has 4 rings (SSSR count). The molecule has 7 heteroatoms. The highest BCUT2D eigenvalue weighted by Crippen LogP contribution is 2.27. The molecule has 0 spiro atoms. The Morgan fingerprint density at radius 3 is 2.91 bits per heavy atom. The molecule has 1 aliphatic carbocycles. The average molecular weight is 310 g/mol. The van der Waals surface area contributed by atoms with Crippen LogP contribution in [-0.2, 0) is 0 Å². The van der Waals surface area contributed by atoms with Gasteiger partial charge in [0.05, 0.1) is 6.04 Å². The molecule has 3 heterocycles. The van der Waals surface area contributed by atoms with Crippen LogP contribution in [-0.4, -0.2) is 36.7 Å². The van der Waals surface area contributed by atoms with Gasteiger partial charge < -0.3 is 10.3 Å². The van der Waals surface area contributed by atoms with Gasteiger partial charge in [-0.05, 0) is 43.9 Å². The molecular weight excluding hydrogens is 292 g/mol. The van der Waals surface area contributed by atoms with Crippen LogP contribution in [0.1, 0.15) is 42.2 Å². The van der Waals surface area contributed by atoms with Crippen LogP contribution in [0.25, 0.3) is 11.0 Å². The lowest BCUT2D eigenvalue weighted by Crippen LogP contribution is -2.38. The third-order valence-corrected chi connectivity index (χ3v) is 4.48. The molecule has 7 nitrogen and oxygen atoms in total. The minimum atomic E-state index is -0.0628. The maximum absolute atomic E-state index is 12.4. The molecule has 3 aromatic heterocycles. The fraction of sp³-hybridized carbons (Fsp3) is 0.375. The van der Waals surface area contributed by atoms with Gasteiger partial charge in [-0.3, -0.25) is 4.79 Å². The number of aromatic amines is 1. The maximum Gasteiger partial charge on any atom is 0.267 e. The van der Waals surface area contributed by atoms with Crippen molar-refractivity contribution >= 4 is 16.9 Å². The standard InChI is InChI=1S/C16H18N6O/c23-16(14-8-11-2-1-7-18-15(11)21-14)20-12-3-5-13(6-4-12)22-10-17-9-19-22/h1-2,7-10,12-13H,3-6H2,(H,18,21)(H,20,23). The molecule has 1 aliphatic rings. The second kappa shape index (κ2) is 5.83. The van der Waals surface area contributed by atoms with Gasteiger partial charge in [0.2, 0.25) is 0 Å². The minimum absolute atomic E-state index is 0.0628. The zero-order chi connectivity index (χ0) is 15.6. The van der Waals surface area contributed by atoms with E-state index in [4.69, 9.17) is 0 Å². The number of amides is 1. The van der Waals surface area contributed by atoms with Gasteiger partial charge in [0, 0.05) is 17.6 Å². The van der Waals surface area contributed by atoms with Crippen molar-refractivity contribution in [3.05, 3.63) is 42.7 Å². The zero-order valence-electron chi connectivity index (χ0n) is 12.6. The molecule has 0 saturated heterocycles. The molecule has 0 aliphatic heterocycles.